The van der Waals surface area contributed by atoms with Crippen LogP contribution in [-0.2, 0) is 22.6 Å². The summed E-state index contributed by atoms with van der Waals surface area (Å²) in [6, 6.07) is 7.50. The van der Waals surface area contributed by atoms with Gasteiger partial charge in [0.1, 0.15) is 23.4 Å². The molecule has 3 rings (SSSR count). The highest BCUT2D eigenvalue weighted by molar-refractivity contribution is 5.96. The Bertz CT molecular complexity index is 1540. The molecule has 0 aliphatic carbocycles. The zero-order chi connectivity index (χ0) is 31.0. The molecule has 0 fully saturated rings. The molecular weight excluding hydrogens is 557 g/mol. The van der Waals surface area contributed by atoms with Gasteiger partial charge in [-0.05, 0) is 43.0 Å². The SMILES string of the molecule is Nc1nc(N)c(CCCN(Cc2ccc(C(=O)N[C@@H](CCC(=O)O)C(=O)O)cc2)c2cc(F)ccc2[N+](=O)[O-])c(=O)[nH]1. The summed E-state index contributed by atoms with van der Waals surface area (Å²) in [7, 11) is 0. The Balaban J connectivity index is 1.82. The highest BCUT2D eigenvalue weighted by Gasteiger charge is 2.23. The number of nitrogens with one attached hydrogen (secondary N) is 2. The lowest BCUT2D eigenvalue weighted by molar-refractivity contribution is -0.384. The average Bonchev–Trinajstić information content (AvgIpc) is 2.91. The Labute approximate surface area is 237 Å². The third-order valence-corrected chi connectivity index (χ3v) is 6.24. The molecular formula is C26H28FN7O8. The fraction of sp³-hybridized carbons (Fsp3) is 0.269. The van der Waals surface area contributed by atoms with Crippen molar-refractivity contribution in [1.82, 2.24) is 15.3 Å². The first-order valence-electron chi connectivity index (χ1n) is 12.5. The smallest absolute Gasteiger partial charge is 0.326 e. The fourth-order valence-corrected chi connectivity index (χ4v) is 4.16. The van der Waals surface area contributed by atoms with Crippen molar-refractivity contribution in [2.45, 2.75) is 38.3 Å². The maximum atomic E-state index is 14.2. The summed E-state index contributed by atoms with van der Waals surface area (Å²) in [4.78, 5) is 65.8. The number of anilines is 3. The van der Waals surface area contributed by atoms with E-state index in [0.717, 1.165) is 18.2 Å². The van der Waals surface area contributed by atoms with Gasteiger partial charge >= 0.3 is 11.9 Å². The third-order valence-electron chi connectivity index (χ3n) is 6.24. The molecule has 3 aromatic rings. The number of carboxylic acids is 2. The molecule has 0 saturated heterocycles. The van der Waals surface area contributed by atoms with E-state index in [4.69, 9.17) is 16.6 Å². The van der Waals surface area contributed by atoms with Crippen molar-refractivity contribution in [2.24, 2.45) is 0 Å². The Morgan fingerprint density at radius 1 is 1.14 bits per heavy atom. The number of hydrogen-bond donors (Lipinski definition) is 6. The molecule has 1 aromatic heterocycles. The van der Waals surface area contributed by atoms with E-state index in [9.17, 15) is 38.8 Å². The van der Waals surface area contributed by atoms with Crippen LogP contribution < -0.4 is 27.2 Å². The summed E-state index contributed by atoms with van der Waals surface area (Å²) in [5, 5.41) is 32.0. The van der Waals surface area contributed by atoms with E-state index in [0.29, 0.717) is 5.56 Å². The average molecular weight is 586 g/mol. The topological polar surface area (TPSA) is 248 Å². The van der Waals surface area contributed by atoms with E-state index in [2.05, 4.69) is 15.3 Å². The largest absolute Gasteiger partial charge is 0.481 e. The number of aliphatic carboxylic acids is 2. The lowest BCUT2D eigenvalue weighted by atomic mass is 10.1. The van der Waals surface area contributed by atoms with E-state index in [1.54, 1.807) is 0 Å². The number of nitro groups is 1. The number of carbonyl (C=O) groups is 3. The first-order valence-corrected chi connectivity index (χ1v) is 12.5. The van der Waals surface area contributed by atoms with E-state index in [1.165, 1.54) is 29.2 Å². The molecule has 0 saturated carbocycles. The second kappa shape index (κ2) is 13.7. The normalized spacial score (nSPS) is 11.5. The molecule has 8 N–H and O–H groups in total. The van der Waals surface area contributed by atoms with Crippen molar-refractivity contribution in [3.05, 3.63) is 85.4 Å². The predicted molar refractivity (Wildman–Crippen MR) is 148 cm³/mol. The van der Waals surface area contributed by atoms with Gasteiger partial charge < -0.3 is 31.9 Å². The maximum Gasteiger partial charge on any atom is 0.326 e. The van der Waals surface area contributed by atoms with E-state index in [-0.39, 0.29) is 66.6 Å². The molecule has 42 heavy (non-hydrogen) atoms. The van der Waals surface area contributed by atoms with Crippen molar-refractivity contribution in [1.29, 1.82) is 0 Å². The van der Waals surface area contributed by atoms with Crippen molar-refractivity contribution in [2.75, 3.05) is 22.9 Å². The lowest BCUT2D eigenvalue weighted by Crippen LogP contribution is -2.41. The van der Waals surface area contributed by atoms with Crippen LogP contribution in [0.25, 0.3) is 0 Å². The van der Waals surface area contributed by atoms with E-state index >= 15 is 0 Å². The van der Waals surface area contributed by atoms with Crippen LogP contribution in [0.1, 0.15) is 40.7 Å². The number of benzene rings is 2. The first-order chi connectivity index (χ1) is 19.8. The van der Waals surface area contributed by atoms with Crippen LogP contribution in [0.15, 0.2) is 47.3 Å². The molecule has 1 amide bonds. The molecule has 1 heterocycles. The number of rotatable bonds is 14. The van der Waals surface area contributed by atoms with Crippen LogP contribution in [0.2, 0.25) is 0 Å². The van der Waals surface area contributed by atoms with E-state index in [1.807, 2.05) is 0 Å². The molecule has 2 aromatic carbocycles. The van der Waals surface area contributed by atoms with E-state index < -0.39 is 46.6 Å². The van der Waals surface area contributed by atoms with Gasteiger partial charge in [0.2, 0.25) is 5.95 Å². The molecule has 16 heteroatoms. The van der Waals surface area contributed by atoms with Crippen molar-refractivity contribution < 1.29 is 33.9 Å². The molecule has 0 bridgehead atoms. The maximum absolute atomic E-state index is 14.2. The summed E-state index contributed by atoms with van der Waals surface area (Å²) in [5.41, 5.74) is 11.3. The second-order valence-corrected chi connectivity index (χ2v) is 9.22. The number of nitrogens with zero attached hydrogens (tertiary/aromatic N) is 3. The number of hydrogen-bond acceptors (Lipinski definition) is 10. The molecule has 0 aliphatic heterocycles. The summed E-state index contributed by atoms with van der Waals surface area (Å²) in [6.07, 6.45) is -0.354. The van der Waals surface area contributed by atoms with Gasteiger partial charge in [0.25, 0.3) is 17.2 Å². The summed E-state index contributed by atoms with van der Waals surface area (Å²) in [5.74, 6) is -4.23. The van der Waals surface area contributed by atoms with Gasteiger partial charge in [-0.15, -0.1) is 0 Å². The number of carbonyl (C=O) groups excluding carboxylic acids is 1. The van der Waals surface area contributed by atoms with Crippen LogP contribution >= 0.6 is 0 Å². The predicted octanol–water partition coefficient (Wildman–Crippen LogP) is 1.67. The number of aromatic nitrogens is 2. The highest BCUT2D eigenvalue weighted by atomic mass is 19.1. The number of carboxylic acid groups (broad SMARTS) is 2. The Kier molecular flexibility index (Phi) is 10.1. The minimum Gasteiger partial charge on any atom is -0.481 e. The van der Waals surface area contributed by atoms with Crippen molar-refractivity contribution >= 4 is 41.0 Å². The standard InChI is InChI=1S/C26H28FN7O8/c27-16-7-9-19(34(41)42)20(12-16)33(11-1-2-17-22(28)31-26(29)32-24(17)38)13-14-3-5-15(6-4-14)23(37)30-18(25(39)40)8-10-21(35)36/h3-7,9,12,18H,1-2,8,10-11,13H2,(H,30,37)(H,35,36)(H,39,40)(H5,28,29,31,32,38)/t18-/m0/s1. The van der Waals surface area contributed by atoms with Crippen LogP contribution in [0.4, 0.5) is 27.5 Å². The van der Waals surface area contributed by atoms with Crippen LogP contribution in [0, 0.1) is 15.9 Å². The monoisotopic (exact) mass is 585 g/mol. The summed E-state index contributed by atoms with van der Waals surface area (Å²) in [6.45, 7) is 0.161. The Morgan fingerprint density at radius 2 is 1.83 bits per heavy atom. The number of amides is 1. The fourth-order valence-electron chi connectivity index (χ4n) is 4.16. The molecule has 0 spiro atoms. The number of nitrogens with two attached hydrogens (primary N) is 2. The molecule has 15 nitrogen and oxygen atoms in total. The summed E-state index contributed by atoms with van der Waals surface area (Å²) < 4.78 is 14.2. The van der Waals surface area contributed by atoms with Crippen LogP contribution in [0.3, 0.4) is 0 Å². The third kappa shape index (κ3) is 8.23. The van der Waals surface area contributed by atoms with Gasteiger partial charge in [0.15, 0.2) is 0 Å². The number of H-pyrrole nitrogens is 1. The second-order valence-electron chi connectivity index (χ2n) is 9.22. The van der Waals surface area contributed by atoms with Crippen molar-refractivity contribution in [3.8, 4) is 0 Å². The molecule has 222 valence electrons. The molecule has 0 unspecified atom stereocenters. The van der Waals surface area contributed by atoms with Gasteiger partial charge in [-0.3, -0.25) is 29.5 Å². The number of aromatic amines is 1. The van der Waals surface area contributed by atoms with Gasteiger partial charge in [-0.2, -0.15) is 4.98 Å². The van der Waals surface area contributed by atoms with Gasteiger partial charge in [0, 0.05) is 37.2 Å². The Hall–Kier alpha value is -5.54. The zero-order valence-corrected chi connectivity index (χ0v) is 22.1. The van der Waals surface area contributed by atoms with Crippen LogP contribution in [-0.4, -0.2) is 55.5 Å². The number of nitrogen functional groups attached to an aromatic ring is 2. The molecule has 0 radical (unpaired) electrons. The van der Waals surface area contributed by atoms with Gasteiger partial charge in [0.05, 0.1) is 10.5 Å². The minimum atomic E-state index is -1.41. The minimum absolute atomic E-state index is 0.0122. The number of halogens is 1. The lowest BCUT2D eigenvalue weighted by Gasteiger charge is -2.25. The van der Waals surface area contributed by atoms with Crippen molar-refractivity contribution in [3.63, 3.8) is 0 Å². The molecule has 0 aliphatic rings. The Morgan fingerprint density at radius 3 is 2.43 bits per heavy atom. The first kappa shape index (κ1) is 31.0. The zero-order valence-electron chi connectivity index (χ0n) is 22.1. The number of nitro benzene ring substituents is 1. The summed E-state index contributed by atoms with van der Waals surface area (Å²) >= 11 is 0. The quantitative estimate of drug-likeness (QED) is 0.117. The van der Waals surface area contributed by atoms with Crippen LogP contribution in [0.5, 0.6) is 0 Å². The van der Waals surface area contributed by atoms with Gasteiger partial charge in [-0.25, -0.2) is 9.18 Å². The van der Waals surface area contributed by atoms with Gasteiger partial charge in [-0.1, -0.05) is 12.1 Å². The molecule has 1 atom stereocenters. The highest BCUT2D eigenvalue weighted by Crippen LogP contribution is 2.30.